The summed E-state index contributed by atoms with van der Waals surface area (Å²) in [6, 6.07) is 2.54. The summed E-state index contributed by atoms with van der Waals surface area (Å²) in [6.07, 6.45) is 1.44. The lowest BCUT2D eigenvalue weighted by Gasteiger charge is -2.32. The third-order valence-corrected chi connectivity index (χ3v) is 3.39. The fourth-order valence-corrected chi connectivity index (χ4v) is 2.47. The first kappa shape index (κ1) is 16.0. The first-order chi connectivity index (χ1) is 10.5. The van der Waals surface area contributed by atoms with E-state index in [-0.39, 0.29) is 11.6 Å². The molecular formula is C16H16F2N2O2. The molecule has 1 fully saturated rings. The Morgan fingerprint density at radius 2 is 1.95 bits per heavy atom. The summed E-state index contributed by atoms with van der Waals surface area (Å²) in [5.41, 5.74) is -0.0298. The first-order valence-electron chi connectivity index (χ1n) is 6.98. The van der Waals surface area contributed by atoms with Gasteiger partial charge in [-0.1, -0.05) is 5.92 Å². The number of nitrogens with zero attached hydrogens (tertiary/aromatic N) is 1. The lowest BCUT2D eigenvalue weighted by Crippen LogP contribution is -2.49. The van der Waals surface area contributed by atoms with Crippen molar-refractivity contribution in [3.05, 3.63) is 35.4 Å². The van der Waals surface area contributed by atoms with Gasteiger partial charge in [0.25, 0.3) is 11.8 Å². The molecule has 0 radical (unpaired) electrons. The number of hydrogen-bond donors (Lipinski definition) is 1. The van der Waals surface area contributed by atoms with Crippen LogP contribution in [0.2, 0.25) is 0 Å². The van der Waals surface area contributed by atoms with Crippen molar-refractivity contribution in [1.29, 1.82) is 0 Å². The molecule has 1 aromatic rings. The second kappa shape index (κ2) is 7.03. The van der Waals surface area contributed by atoms with E-state index in [1.807, 2.05) is 0 Å². The molecule has 22 heavy (non-hydrogen) atoms. The van der Waals surface area contributed by atoms with Crippen LogP contribution in [0.4, 0.5) is 8.78 Å². The van der Waals surface area contributed by atoms with E-state index in [2.05, 4.69) is 17.2 Å². The van der Waals surface area contributed by atoms with E-state index in [0.29, 0.717) is 19.5 Å². The van der Waals surface area contributed by atoms with Crippen LogP contribution in [0.15, 0.2) is 18.2 Å². The Kier molecular flexibility index (Phi) is 5.10. The predicted octanol–water partition coefficient (Wildman–Crippen LogP) is 1.71. The first-order valence-corrected chi connectivity index (χ1v) is 6.98. The summed E-state index contributed by atoms with van der Waals surface area (Å²) in [6.45, 7) is 2.35. The Morgan fingerprint density at radius 3 is 2.59 bits per heavy atom. The zero-order valence-electron chi connectivity index (χ0n) is 12.2. The third kappa shape index (κ3) is 4.04. The summed E-state index contributed by atoms with van der Waals surface area (Å²) in [7, 11) is 0. The van der Waals surface area contributed by atoms with E-state index < -0.39 is 23.4 Å². The van der Waals surface area contributed by atoms with Gasteiger partial charge in [0.15, 0.2) is 0 Å². The zero-order chi connectivity index (χ0) is 16.1. The Bertz CT molecular complexity index is 629. The summed E-state index contributed by atoms with van der Waals surface area (Å²) in [5.74, 6) is 2.47. The minimum atomic E-state index is -0.788. The zero-order valence-corrected chi connectivity index (χ0v) is 12.2. The van der Waals surface area contributed by atoms with E-state index in [0.717, 1.165) is 24.6 Å². The standard InChI is InChI=1S/C16H16F2N2O2/c1-2-4-15(21)19-14-5-3-6-20(10-14)16(22)11-7-12(17)9-13(18)8-11/h7-9,14H,3,5-6,10H2,1H3,(H,19,21). The third-order valence-electron chi connectivity index (χ3n) is 3.39. The van der Waals surface area contributed by atoms with Gasteiger partial charge in [-0.2, -0.15) is 0 Å². The van der Waals surface area contributed by atoms with Gasteiger partial charge in [-0.05, 0) is 37.8 Å². The number of piperidine rings is 1. The highest BCUT2D eigenvalue weighted by atomic mass is 19.1. The Hall–Kier alpha value is -2.42. The van der Waals surface area contributed by atoms with Gasteiger partial charge in [-0.25, -0.2) is 8.78 Å². The maximum atomic E-state index is 13.2. The second-order valence-corrected chi connectivity index (χ2v) is 5.10. The highest BCUT2D eigenvalue weighted by Gasteiger charge is 2.25. The number of halogens is 2. The molecule has 116 valence electrons. The van der Waals surface area contributed by atoms with Crippen LogP contribution in [-0.4, -0.2) is 35.8 Å². The van der Waals surface area contributed by atoms with Crippen LogP contribution in [0.5, 0.6) is 0 Å². The molecular weight excluding hydrogens is 290 g/mol. The van der Waals surface area contributed by atoms with Crippen molar-refractivity contribution in [3.63, 3.8) is 0 Å². The van der Waals surface area contributed by atoms with Crippen LogP contribution in [0, 0.1) is 23.5 Å². The molecule has 1 unspecified atom stereocenters. The molecule has 1 N–H and O–H groups in total. The van der Waals surface area contributed by atoms with Crippen molar-refractivity contribution >= 4 is 11.8 Å². The van der Waals surface area contributed by atoms with Crippen LogP contribution in [0.1, 0.15) is 30.1 Å². The molecule has 1 heterocycles. The van der Waals surface area contributed by atoms with Gasteiger partial charge in [0, 0.05) is 30.8 Å². The number of amides is 2. The average molecular weight is 306 g/mol. The molecule has 1 aliphatic heterocycles. The number of rotatable bonds is 2. The van der Waals surface area contributed by atoms with Crippen LogP contribution < -0.4 is 5.32 Å². The topological polar surface area (TPSA) is 49.4 Å². The summed E-state index contributed by atoms with van der Waals surface area (Å²) < 4.78 is 26.4. The van der Waals surface area contributed by atoms with Gasteiger partial charge in [-0.3, -0.25) is 9.59 Å². The van der Waals surface area contributed by atoms with Gasteiger partial charge >= 0.3 is 0 Å². The van der Waals surface area contributed by atoms with Crippen molar-refractivity contribution in [3.8, 4) is 11.8 Å². The lowest BCUT2D eigenvalue weighted by molar-refractivity contribution is -0.116. The number of likely N-dealkylation sites (tertiary alicyclic amines) is 1. The van der Waals surface area contributed by atoms with Crippen LogP contribution in [0.3, 0.4) is 0 Å². The van der Waals surface area contributed by atoms with Crippen molar-refractivity contribution < 1.29 is 18.4 Å². The molecule has 1 saturated heterocycles. The molecule has 0 aliphatic carbocycles. The van der Waals surface area contributed by atoms with Crippen LogP contribution in [-0.2, 0) is 4.79 Å². The maximum Gasteiger partial charge on any atom is 0.296 e. The molecule has 1 aliphatic rings. The summed E-state index contributed by atoms with van der Waals surface area (Å²) >= 11 is 0. The van der Waals surface area contributed by atoms with E-state index in [1.165, 1.54) is 4.90 Å². The second-order valence-electron chi connectivity index (χ2n) is 5.10. The van der Waals surface area contributed by atoms with E-state index in [4.69, 9.17) is 0 Å². The monoisotopic (exact) mass is 306 g/mol. The molecule has 4 nitrogen and oxygen atoms in total. The SMILES string of the molecule is CC#CC(=O)NC1CCCN(C(=O)c2cc(F)cc(F)c2)C1. The van der Waals surface area contributed by atoms with Crippen molar-refractivity contribution in [1.82, 2.24) is 10.2 Å². The number of hydrogen-bond acceptors (Lipinski definition) is 2. The molecule has 2 amide bonds. The summed E-state index contributed by atoms with van der Waals surface area (Å²) in [4.78, 5) is 25.3. The fourth-order valence-electron chi connectivity index (χ4n) is 2.47. The number of benzene rings is 1. The van der Waals surface area contributed by atoms with Gasteiger partial charge in [0.05, 0.1) is 0 Å². The molecule has 1 aromatic carbocycles. The Labute approximate surface area is 127 Å². The molecule has 1 atom stereocenters. The van der Waals surface area contributed by atoms with Crippen molar-refractivity contribution in [2.45, 2.75) is 25.8 Å². The van der Waals surface area contributed by atoms with Crippen LogP contribution in [0.25, 0.3) is 0 Å². The van der Waals surface area contributed by atoms with Crippen LogP contribution >= 0.6 is 0 Å². The van der Waals surface area contributed by atoms with Gasteiger partial charge in [-0.15, -0.1) is 0 Å². The van der Waals surface area contributed by atoms with E-state index >= 15 is 0 Å². The smallest absolute Gasteiger partial charge is 0.296 e. The van der Waals surface area contributed by atoms with Gasteiger partial charge < -0.3 is 10.2 Å². The molecule has 0 bridgehead atoms. The Morgan fingerprint density at radius 1 is 1.27 bits per heavy atom. The largest absolute Gasteiger partial charge is 0.341 e. The highest BCUT2D eigenvalue weighted by Crippen LogP contribution is 2.16. The number of carbonyl (C=O) groups is 2. The molecule has 0 spiro atoms. The molecule has 6 heteroatoms. The Balaban J connectivity index is 2.06. The van der Waals surface area contributed by atoms with E-state index in [9.17, 15) is 18.4 Å². The minimum absolute atomic E-state index is 0.0298. The van der Waals surface area contributed by atoms with Gasteiger partial charge in [0.1, 0.15) is 11.6 Å². The lowest BCUT2D eigenvalue weighted by atomic mass is 10.0. The van der Waals surface area contributed by atoms with Crippen molar-refractivity contribution in [2.75, 3.05) is 13.1 Å². The van der Waals surface area contributed by atoms with Gasteiger partial charge in [0.2, 0.25) is 0 Å². The number of carbonyl (C=O) groups excluding carboxylic acids is 2. The molecule has 0 aromatic heterocycles. The maximum absolute atomic E-state index is 13.2. The molecule has 0 saturated carbocycles. The quantitative estimate of drug-likeness (QED) is 0.846. The summed E-state index contributed by atoms with van der Waals surface area (Å²) in [5, 5.41) is 2.72. The number of nitrogens with one attached hydrogen (secondary N) is 1. The average Bonchev–Trinajstić information content (AvgIpc) is 2.46. The molecule has 2 rings (SSSR count). The van der Waals surface area contributed by atoms with E-state index in [1.54, 1.807) is 6.92 Å². The highest BCUT2D eigenvalue weighted by molar-refractivity contribution is 5.95. The predicted molar refractivity (Wildman–Crippen MR) is 76.9 cm³/mol. The normalized spacial score (nSPS) is 17.4. The van der Waals surface area contributed by atoms with Crippen molar-refractivity contribution in [2.24, 2.45) is 0 Å². The fraction of sp³-hybridized carbons (Fsp3) is 0.375. The minimum Gasteiger partial charge on any atom is -0.341 e.